The number of ether oxygens (including phenoxy) is 1. The van der Waals surface area contributed by atoms with Crippen LogP contribution in [0.1, 0.15) is 23.2 Å². The predicted molar refractivity (Wildman–Crippen MR) is 76.8 cm³/mol. The number of esters is 1. The zero-order valence-electron chi connectivity index (χ0n) is 11.0. The van der Waals surface area contributed by atoms with Gasteiger partial charge in [0.15, 0.2) is 0 Å². The van der Waals surface area contributed by atoms with Crippen molar-refractivity contribution in [1.29, 1.82) is 0 Å². The second-order valence-corrected chi connectivity index (χ2v) is 5.12. The number of nitrogens with zero attached hydrogens (tertiary/aromatic N) is 1. The maximum absolute atomic E-state index is 11.7. The van der Waals surface area contributed by atoms with E-state index in [4.69, 9.17) is 10.5 Å². The Hall–Kier alpha value is -1.56. The lowest BCUT2D eigenvalue weighted by Crippen LogP contribution is -2.21. The molecule has 104 valence electrons. The molecule has 0 saturated carbocycles. The summed E-state index contributed by atoms with van der Waals surface area (Å²) in [6.07, 6.45) is 0.873. The molecule has 0 fully saturated rings. The third-order valence-corrected chi connectivity index (χ3v) is 3.22. The monoisotopic (exact) mass is 328 g/mol. The number of nitrogens with two attached hydrogens (primary N) is 1. The Morgan fingerprint density at radius 2 is 2.05 bits per heavy atom. The second-order valence-electron chi connectivity index (χ2n) is 4.26. The van der Waals surface area contributed by atoms with Gasteiger partial charge in [0.2, 0.25) is 5.91 Å². The molecule has 0 atom stereocenters. The number of rotatable bonds is 5. The van der Waals surface area contributed by atoms with Gasteiger partial charge in [-0.25, -0.2) is 4.79 Å². The maximum Gasteiger partial charge on any atom is 0.338 e. The Morgan fingerprint density at radius 3 is 2.63 bits per heavy atom. The van der Waals surface area contributed by atoms with E-state index in [1.54, 1.807) is 32.3 Å². The lowest BCUT2D eigenvalue weighted by atomic mass is 10.2. The van der Waals surface area contributed by atoms with Crippen LogP contribution in [-0.4, -0.2) is 37.5 Å². The van der Waals surface area contributed by atoms with Gasteiger partial charge in [-0.3, -0.25) is 4.79 Å². The zero-order chi connectivity index (χ0) is 14.4. The van der Waals surface area contributed by atoms with Crippen LogP contribution >= 0.6 is 15.9 Å². The summed E-state index contributed by atoms with van der Waals surface area (Å²) in [5.41, 5.74) is 6.57. The maximum atomic E-state index is 11.7. The van der Waals surface area contributed by atoms with Crippen LogP contribution in [-0.2, 0) is 9.53 Å². The minimum atomic E-state index is -0.434. The van der Waals surface area contributed by atoms with Gasteiger partial charge in [-0.1, -0.05) is 0 Å². The molecule has 0 spiro atoms. The molecular weight excluding hydrogens is 312 g/mol. The number of anilines is 1. The van der Waals surface area contributed by atoms with Gasteiger partial charge in [0, 0.05) is 30.7 Å². The fourth-order valence-corrected chi connectivity index (χ4v) is 1.61. The molecule has 0 aliphatic rings. The van der Waals surface area contributed by atoms with Crippen LogP contribution in [0.5, 0.6) is 0 Å². The number of nitrogen functional groups attached to an aromatic ring is 1. The average molecular weight is 329 g/mol. The molecule has 0 unspecified atom stereocenters. The van der Waals surface area contributed by atoms with Crippen molar-refractivity contribution in [3.8, 4) is 0 Å². The summed E-state index contributed by atoms with van der Waals surface area (Å²) in [6, 6.07) is 4.88. The Balaban J connectivity index is 2.39. The van der Waals surface area contributed by atoms with E-state index in [1.165, 1.54) is 4.90 Å². The highest BCUT2D eigenvalue weighted by molar-refractivity contribution is 9.10. The highest BCUT2D eigenvalue weighted by atomic mass is 79.9. The largest absolute Gasteiger partial charge is 0.462 e. The first-order chi connectivity index (χ1) is 8.91. The molecule has 0 bridgehead atoms. The summed E-state index contributed by atoms with van der Waals surface area (Å²) in [4.78, 5) is 24.5. The lowest BCUT2D eigenvalue weighted by Gasteiger charge is -2.10. The van der Waals surface area contributed by atoms with Crippen LogP contribution in [0.3, 0.4) is 0 Å². The van der Waals surface area contributed by atoms with Gasteiger partial charge >= 0.3 is 5.97 Å². The van der Waals surface area contributed by atoms with Crippen LogP contribution in [0.15, 0.2) is 22.7 Å². The van der Waals surface area contributed by atoms with E-state index in [1.807, 2.05) is 0 Å². The molecule has 0 aliphatic heterocycles. The topological polar surface area (TPSA) is 72.6 Å². The molecule has 1 aromatic carbocycles. The first-order valence-corrected chi connectivity index (χ1v) is 6.63. The van der Waals surface area contributed by atoms with E-state index >= 15 is 0 Å². The minimum absolute atomic E-state index is 0.0175. The van der Waals surface area contributed by atoms with Gasteiger partial charge in [0.1, 0.15) is 0 Å². The molecule has 0 radical (unpaired) electrons. The number of benzene rings is 1. The van der Waals surface area contributed by atoms with E-state index in [0.29, 0.717) is 24.1 Å². The Kier molecular flexibility index (Phi) is 5.82. The summed E-state index contributed by atoms with van der Waals surface area (Å²) in [5, 5.41) is 0. The minimum Gasteiger partial charge on any atom is -0.462 e. The SMILES string of the molecule is CN(C)C(=O)CCCOC(=O)c1ccc(Br)c(N)c1. The van der Waals surface area contributed by atoms with Gasteiger partial charge in [-0.15, -0.1) is 0 Å². The van der Waals surface area contributed by atoms with Gasteiger partial charge in [0.25, 0.3) is 0 Å². The van der Waals surface area contributed by atoms with E-state index in [2.05, 4.69) is 15.9 Å². The Morgan fingerprint density at radius 1 is 1.37 bits per heavy atom. The van der Waals surface area contributed by atoms with Gasteiger partial charge in [0.05, 0.1) is 12.2 Å². The third-order valence-electron chi connectivity index (χ3n) is 2.50. The van der Waals surface area contributed by atoms with Crippen LogP contribution in [0, 0.1) is 0 Å². The summed E-state index contributed by atoms with van der Waals surface area (Å²) in [5.74, 6) is -0.416. The molecular formula is C13H17BrN2O3. The Bertz CT molecular complexity index is 475. The summed E-state index contributed by atoms with van der Waals surface area (Å²) in [7, 11) is 3.39. The second kappa shape index (κ2) is 7.13. The van der Waals surface area contributed by atoms with Crippen molar-refractivity contribution >= 4 is 33.5 Å². The number of hydrogen-bond acceptors (Lipinski definition) is 4. The highest BCUT2D eigenvalue weighted by Gasteiger charge is 2.09. The van der Waals surface area contributed by atoms with Crippen molar-refractivity contribution in [1.82, 2.24) is 4.90 Å². The number of halogens is 1. The van der Waals surface area contributed by atoms with Crippen LogP contribution < -0.4 is 5.73 Å². The third kappa shape index (κ3) is 4.90. The molecule has 1 rings (SSSR count). The van der Waals surface area contributed by atoms with Crippen molar-refractivity contribution in [2.45, 2.75) is 12.8 Å². The smallest absolute Gasteiger partial charge is 0.338 e. The quantitative estimate of drug-likeness (QED) is 0.510. The van der Waals surface area contributed by atoms with Gasteiger partial charge < -0.3 is 15.4 Å². The van der Waals surface area contributed by atoms with Crippen molar-refractivity contribution in [3.63, 3.8) is 0 Å². The van der Waals surface area contributed by atoms with Crippen molar-refractivity contribution in [3.05, 3.63) is 28.2 Å². The summed E-state index contributed by atoms with van der Waals surface area (Å²) < 4.78 is 5.81. The van der Waals surface area contributed by atoms with Crippen LogP contribution in [0.4, 0.5) is 5.69 Å². The zero-order valence-corrected chi connectivity index (χ0v) is 12.6. The van der Waals surface area contributed by atoms with Crippen molar-refractivity contribution < 1.29 is 14.3 Å². The van der Waals surface area contributed by atoms with E-state index < -0.39 is 5.97 Å². The predicted octanol–water partition coefficient (Wildman–Crippen LogP) is 2.06. The molecule has 1 aromatic rings. The van der Waals surface area contributed by atoms with E-state index in [9.17, 15) is 9.59 Å². The molecule has 0 aliphatic carbocycles. The molecule has 0 aromatic heterocycles. The summed E-state index contributed by atoms with van der Waals surface area (Å²) in [6.45, 7) is 0.217. The molecule has 5 nitrogen and oxygen atoms in total. The molecule has 2 N–H and O–H groups in total. The molecule has 0 saturated heterocycles. The standard InChI is InChI=1S/C13H17BrN2O3/c1-16(2)12(17)4-3-7-19-13(18)9-5-6-10(14)11(15)8-9/h5-6,8H,3-4,7,15H2,1-2H3. The number of carbonyl (C=O) groups excluding carboxylic acids is 2. The Labute approximate surface area is 120 Å². The molecule has 0 heterocycles. The van der Waals surface area contributed by atoms with Gasteiger partial charge in [-0.05, 0) is 40.5 Å². The fraction of sp³-hybridized carbons (Fsp3) is 0.385. The number of amides is 1. The van der Waals surface area contributed by atoms with Crippen molar-refractivity contribution in [2.24, 2.45) is 0 Å². The fourth-order valence-electron chi connectivity index (χ4n) is 1.37. The van der Waals surface area contributed by atoms with E-state index in [0.717, 1.165) is 4.47 Å². The molecule has 1 amide bonds. The number of carbonyl (C=O) groups is 2. The van der Waals surface area contributed by atoms with Crippen LogP contribution in [0.25, 0.3) is 0 Å². The van der Waals surface area contributed by atoms with E-state index in [-0.39, 0.29) is 12.5 Å². The van der Waals surface area contributed by atoms with Crippen LogP contribution in [0.2, 0.25) is 0 Å². The number of hydrogen-bond donors (Lipinski definition) is 1. The normalized spacial score (nSPS) is 10.1. The first kappa shape index (κ1) is 15.5. The van der Waals surface area contributed by atoms with Gasteiger partial charge in [-0.2, -0.15) is 0 Å². The average Bonchev–Trinajstić information content (AvgIpc) is 2.37. The van der Waals surface area contributed by atoms with Crippen molar-refractivity contribution in [2.75, 3.05) is 26.4 Å². The highest BCUT2D eigenvalue weighted by Crippen LogP contribution is 2.20. The lowest BCUT2D eigenvalue weighted by molar-refractivity contribution is -0.128. The molecule has 19 heavy (non-hydrogen) atoms. The first-order valence-electron chi connectivity index (χ1n) is 5.84. The molecule has 6 heteroatoms. The summed E-state index contributed by atoms with van der Waals surface area (Å²) >= 11 is 3.25.